The molecule has 2 nitrogen and oxygen atoms in total. The molecule has 52 valence electrons. The fourth-order valence-electron chi connectivity index (χ4n) is 0.625. The van der Waals surface area contributed by atoms with Crippen LogP contribution in [0.3, 0.4) is 0 Å². The van der Waals surface area contributed by atoms with Crippen molar-refractivity contribution in [1.82, 2.24) is 3.93 Å². The van der Waals surface area contributed by atoms with Crippen molar-refractivity contribution in [2.24, 2.45) is 0 Å². The number of nitrogens with zero attached hydrogens (tertiary/aromatic N) is 1. The fraction of sp³-hybridized carbons (Fsp3) is 0.750. The van der Waals surface area contributed by atoms with E-state index in [-0.39, 0.29) is 5.91 Å². The van der Waals surface area contributed by atoms with Crippen LogP contribution in [-0.2, 0) is 4.79 Å². The summed E-state index contributed by atoms with van der Waals surface area (Å²) >= 11 is 9.59. The molecular formula is C4H4Br3NO. The van der Waals surface area contributed by atoms with Crippen molar-refractivity contribution in [2.75, 3.05) is 6.54 Å². The van der Waals surface area contributed by atoms with E-state index in [1.807, 2.05) is 0 Å². The molecule has 0 N–H and O–H groups in total. The summed E-state index contributed by atoms with van der Waals surface area (Å²) in [6, 6.07) is 0. The Bertz CT molecular complexity index is 147. The third kappa shape index (κ3) is 1.49. The summed E-state index contributed by atoms with van der Waals surface area (Å²) in [5, 5.41) is 0. The first kappa shape index (κ1) is 8.01. The van der Waals surface area contributed by atoms with Crippen molar-refractivity contribution < 1.29 is 4.79 Å². The largest absolute Gasteiger partial charge is 0.277 e. The zero-order chi connectivity index (χ0) is 7.07. The van der Waals surface area contributed by atoms with Crippen LogP contribution < -0.4 is 0 Å². The van der Waals surface area contributed by atoms with E-state index in [2.05, 4.69) is 48.0 Å². The minimum absolute atomic E-state index is 0.0301. The van der Waals surface area contributed by atoms with Gasteiger partial charge in [0.2, 0.25) is 0 Å². The van der Waals surface area contributed by atoms with Gasteiger partial charge in [0, 0.05) is 13.0 Å². The summed E-state index contributed by atoms with van der Waals surface area (Å²) in [7, 11) is 0. The van der Waals surface area contributed by atoms with Crippen LogP contribution in [0.2, 0.25) is 0 Å². The van der Waals surface area contributed by atoms with Gasteiger partial charge in [-0.25, -0.2) is 0 Å². The summed E-state index contributed by atoms with van der Waals surface area (Å²) in [4.78, 5) is 11.0. The lowest BCUT2D eigenvalue weighted by Gasteiger charge is -2.08. The molecule has 1 heterocycles. The van der Waals surface area contributed by atoms with Crippen LogP contribution in [-0.4, -0.2) is 19.6 Å². The molecular weight excluding hydrogens is 318 g/mol. The minimum atomic E-state index is -0.510. The Morgan fingerprint density at radius 3 is 2.22 bits per heavy atom. The van der Waals surface area contributed by atoms with Gasteiger partial charge >= 0.3 is 0 Å². The molecule has 1 aliphatic rings. The minimum Gasteiger partial charge on any atom is -0.277 e. The molecule has 0 spiro atoms. The molecule has 1 saturated heterocycles. The number of carbonyl (C=O) groups excluding carboxylic acids is 1. The van der Waals surface area contributed by atoms with E-state index in [1.165, 1.54) is 3.93 Å². The van der Waals surface area contributed by atoms with Gasteiger partial charge in [0.15, 0.2) is 3.23 Å². The molecule has 1 fully saturated rings. The number of amides is 1. The number of hydrogen-bond donors (Lipinski definition) is 0. The van der Waals surface area contributed by atoms with E-state index < -0.39 is 3.23 Å². The van der Waals surface area contributed by atoms with Crippen LogP contribution in [0, 0.1) is 0 Å². The van der Waals surface area contributed by atoms with Crippen molar-refractivity contribution >= 4 is 53.9 Å². The van der Waals surface area contributed by atoms with Gasteiger partial charge in [-0.2, -0.15) is 0 Å². The maximum absolute atomic E-state index is 11.0. The van der Waals surface area contributed by atoms with Crippen LogP contribution in [0.15, 0.2) is 0 Å². The summed E-state index contributed by atoms with van der Waals surface area (Å²) in [5.74, 6) is 0.0301. The second-order valence-corrected chi connectivity index (χ2v) is 6.47. The molecule has 0 bridgehead atoms. The number of halogens is 3. The summed E-state index contributed by atoms with van der Waals surface area (Å²) in [6.07, 6.45) is 0.789. The molecule has 0 atom stereocenters. The van der Waals surface area contributed by atoms with Crippen molar-refractivity contribution in [1.29, 1.82) is 0 Å². The molecule has 0 radical (unpaired) electrons. The third-order valence-corrected chi connectivity index (χ3v) is 3.30. The zero-order valence-electron chi connectivity index (χ0n) is 4.40. The second-order valence-electron chi connectivity index (χ2n) is 1.85. The lowest BCUT2D eigenvalue weighted by Crippen LogP contribution is -2.23. The van der Waals surface area contributed by atoms with Crippen LogP contribution >= 0.6 is 48.0 Å². The Labute approximate surface area is 78.6 Å². The average molecular weight is 322 g/mol. The fourth-order valence-corrected chi connectivity index (χ4v) is 2.36. The highest BCUT2D eigenvalue weighted by atomic mass is 79.9. The predicted octanol–water partition coefficient (Wildman–Crippen LogP) is 2.01. The molecule has 1 aliphatic heterocycles. The Morgan fingerprint density at radius 1 is 1.56 bits per heavy atom. The first-order valence-electron chi connectivity index (χ1n) is 2.39. The zero-order valence-corrected chi connectivity index (χ0v) is 9.16. The van der Waals surface area contributed by atoms with Crippen molar-refractivity contribution in [3.8, 4) is 0 Å². The van der Waals surface area contributed by atoms with E-state index in [0.717, 1.165) is 13.0 Å². The average Bonchev–Trinajstić information content (AvgIpc) is 1.97. The maximum atomic E-state index is 11.0. The van der Waals surface area contributed by atoms with E-state index in [1.54, 1.807) is 0 Å². The normalized spacial score (nSPS) is 25.2. The van der Waals surface area contributed by atoms with Gasteiger partial charge in [-0.3, -0.25) is 8.72 Å². The van der Waals surface area contributed by atoms with Gasteiger partial charge in [0.05, 0.1) is 16.1 Å². The Morgan fingerprint density at radius 2 is 2.11 bits per heavy atom. The topological polar surface area (TPSA) is 20.3 Å². The highest BCUT2D eigenvalue weighted by Gasteiger charge is 2.41. The molecule has 1 amide bonds. The van der Waals surface area contributed by atoms with Gasteiger partial charge in [0.25, 0.3) is 5.91 Å². The lowest BCUT2D eigenvalue weighted by atomic mass is 10.4. The molecule has 0 aliphatic carbocycles. The van der Waals surface area contributed by atoms with E-state index in [9.17, 15) is 4.79 Å². The van der Waals surface area contributed by atoms with Gasteiger partial charge in [-0.15, -0.1) is 0 Å². The highest BCUT2D eigenvalue weighted by Crippen LogP contribution is 2.38. The Kier molecular flexibility index (Phi) is 2.23. The maximum Gasteiger partial charge on any atom is 0.260 e. The van der Waals surface area contributed by atoms with Gasteiger partial charge in [-0.05, 0) is 0 Å². The van der Waals surface area contributed by atoms with E-state index in [4.69, 9.17) is 0 Å². The monoisotopic (exact) mass is 319 g/mol. The Hall–Kier alpha value is 0.910. The number of alkyl halides is 2. The number of carbonyl (C=O) groups is 1. The Balaban J connectivity index is 2.74. The van der Waals surface area contributed by atoms with E-state index in [0.29, 0.717) is 0 Å². The third-order valence-electron chi connectivity index (χ3n) is 1.16. The first-order valence-corrected chi connectivity index (χ1v) is 4.69. The molecule has 0 aromatic heterocycles. The SMILES string of the molecule is O=C1N(Br)CCC1(Br)Br. The lowest BCUT2D eigenvalue weighted by molar-refractivity contribution is -0.123. The van der Waals surface area contributed by atoms with Gasteiger partial charge in [-0.1, -0.05) is 31.9 Å². The van der Waals surface area contributed by atoms with Gasteiger partial charge in [0.1, 0.15) is 0 Å². The smallest absolute Gasteiger partial charge is 0.260 e. The quantitative estimate of drug-likeness (QED) is 0.494. The number of hydrogen-bond acceptors (Lipinski definition) is 1. The highest BCUT2D eigenvalue weighted by molar-refractivity contribution is 9.26. The van der Waals surface area contributed by atoms with E-state index >= 15 is 0 Å². The molecule has 1 rings (SSSR count). The molecule has 9 heavy (non-hydrogen) atoms. The summed E-state index contributed by atoms with van der Waals surface area (Å²) < 4.78 is 1.000. The van der Waals surface area contributed by atoms with Crippen LogP contribution in [0.1, 0.15) is 6.42 Å². The molecule has 5 heteroatoms. The van der Waals surface area contributed by atoms with Crippen LogP contribution in [0.4, 0.5) is 0 Å². The molecule has 0 aromatic carbocycles. The molecule has 0 unspecified atom stereocenters. The van der Waals surface area contributed by atoms with Crippen LogP contribution in [0.25, 0.3) is 0 Å². The van der Waals surface area contributed by atoms with Crippen molar-refractivity contribution in [3.63, 3.8) is 0 Å². The standard InChI is InChI=1S/C4H4Br3NO/c5-4(6)1-2-8(7)3(4)9/h1-2H2. The van der Waals surface area contributed by atoms with Crippen LogP contribution in [0.5, 0.6) is 0 Å². The molecule has 0 aromatic rings. The molecule has 0 saturated carbocycles. The van der Waals surface area contributed by atoms with Crippen molar-refractivity contribution in [3.05, 3.63) is 0 Å². The van der Waals surface area contributed by atoms with Crippen molar-refractivity contribution in [2.45, 2.75) is 9.65 Å². The number of rotatable bonds is 0. The summed E-state index contributed by atoms with van der Waals surface area (Å²) in [6.45, 7) is 0.745. The predicted molar refractivity (Wildman–Crippen MR) is 45.8 cm³/mol. The second kappa shape index (κ2) is 2.51. The first-order chi connectivity index (χ1) is 4.04. The van der Waals surface area contributed by atoms with Gasteiger partial charge < -0.3 is 0 Å². The summed E-state index contributed by atoms with van der Waals surface area (Å²) in [5.41, 5.74) is 0.